The van der Waals surface area contributed by atoms with Gasteiger partial charge in [0, 0.05) is 23.3 Å². The third-order valence-electron chi connectivity index (χ3n) is 4.74. The van der Waals surface area contributed by atoms with E-state index in [-0.39, 0.29) is 6.04 Å². The first kappa shape index (κ1) is 14.8. The number of carbonyl (C=O) groups excluding carboxylic acids is 1. The summed E-state index contributed by atoms with van der Waals surface area (Å²) >= 11 is 0. The Morgan fingerprint density at radius 3 is 2.58 bits per heavy atom. The smallest absolute Gasteiger partial charge is 0.269 e. The molecule has 1 saturated carbocycles. The van der Waals surface area contributed by atoms with Gasteiger partial charge in [0.05, 0.1) is 11.6 Å². The first-order valence-electron chi connectivity index (χ1n) is 8.15. The predicted molar refractivity (Wildman–Crippen MR) is 91.4 cm³/mol. The molecular weight excluding hydrogens is 302 g/mol. The number of hydrogen-bond donors (Lipinski definition) is 1. The van der Waals surface area contributed by atoms with E-state index in [0.717, 1.165) is 27.9 Å². The van der Waals surface area contributed by atoms with E-state index in [0.29, 0.717) is 11.6 Å². The Bertz CT molecular complexity index is 924. The van der Waals surface area contributed by atoms with Gasteiger partial charge in [0.1, 0.15) is 5.82 Å². The molecule has 24 heavy (non-hydrogen) atoms. The SMILES string of the molecule is Cc1ncc(-c2ccc3c(c2)c(C(N)=O)nn3C(C)C2CC2)cn1. The van der Waals surface area contributed by atoms with Crippen LogP contribution in [0.4, 0.5) is 0 Å². The molecule has 0 spiro atoms. The summed E-state index contributed by atoms with van der Waals surface area (Å²) in [6.45, 7) is 4.00. The highest BCUT2D eigenvalue weighted by Gasteiger charge is 2.31. The Morgan fingerprint density at radius 1 is 1.25 bits per heavy atom. The number of aromatic nitrogens is 4. The third-order valence-corrected chi connectivity index (χ3v) is 4.74. The summed E-state index contributed by atoms with van der Waals surface area (Å²) in [5.41, 5.74) is 8.68. The van der Waals surface area contributed by atoms with Gasteiger partial charge >= 0.3 is 0 Å². The van der Waals surface area contributed by atoms with Gasteiger partial charge in [-0.15, -0.1) is 0 Å². The van der Waals surface area contributed by atoms with E-state index in [9.17, 15) is 4.79 Å². The molecule has 1 aromatic carbocycles. The molecule has 1 aliphatic rings. The molecule has 6 heteroatoms. The van der Waals surface area contributed by atoms with Crippen LogP contribution in [0.15, 0.2) is 30.6 Å². The number of carbonyl (C=O) groups is 1. The van der Waals surface area contributed by atoms with Gasteiger partial charge in [0.25, 0.3) is 5.91 Å². The fourth-order valence-electron chi connectivity index (χ4n) is 3.13. The maximum Gasteiger partial charge on any atom is 0.269 e. The fourth-order valence-corrected chi connectivity index (χ4v) is 3.13. The van der Waals surface area contributed by atoms with Crippen LogP contribution in [0, 0.1) is 12.8 Å². The Kier molecular flexibility index (Phi) is 3.33. The van der Waals surface area contributed by atoms with Crippen LogP contribution >= 0.6 is 0 Å². The molecule has 1 aliphatic carbocycles. The van der Waals surface area contributed by atoms with Crippen molar-refractivity contribution in [1.82, 2.24) is 19.7 Å². The van der Waals surface area contributed by atoms with Gasteiger partial charge in [-0.25, -0.2) is 9.97 Å². The number of fused-ring (bicyclic) bond motifs is 1. The Morgan fingerprint density at radius 2 is 1.96 bits per heavy atom. The number of rotatable bonds is 4. The number of nitrogens with two attached hydrogens (primary N) is 1. The van der Waals surface area contributed by atoms with E-state index in [1.807, 2.05) is 29.8 Å². The quantitative estimate of drug-likeness (QED) is 0.800. The fraction of sp³-hybridized carbons (Fsp3) is 0.333. The highest BCUT2D eigenvalue weighted by Crippen LogP contribution is 2.41. The highest BCUT2D eigenvalue weighted by molar-refractivity contribution is 6.05. The second-order valence-electron chi connectivity index (χ2n) is 6.49. The Hall–Kier alpha value is -2.76. The normalized spacial score (nSPS) is 15.6. The first-order chi connectivity index (χ1) is 11.5. The lowest BCUT2D eigenvalue weighted by Gasteiger charge is -2.12. The van der Waals surface area contributed by atoms with Crippen LogP contribution in [-0.2, 0) is 0 Å². The molecule has 0 saturated heterocycles. The molecule has 2 aromatic heterocycles. The van der Waals surface area contributed by atoms with Crippen LogP contribution in [0.3, 0.4) is 0 Å². The average Bonchev–Trinajstić information content (AvgIpc) is 3.35. The van der Waals surface area contributed by atoms with Gasteiger partial charge < -0.3 is 5.73 Å². The van der Waals surface area contributed by atoms with E-state index in [2.05, 4.69) is 22.0 Å². The molecule has 122 valence electrons. The third kappa shape index (κ3) is 2.44. The maximum absolute atomic E-state index is 11.9. The van der Waals surface area contributed by atoms with Gasteiger partial charge in [0.2, 0.25) is 0 Å². The standard InChI is InChI=1S/C18H19N5O/c1-10(12-3-4-12)23-16-6-5-13(14-8-20-11(2)21-9-14)7-15(16)17(22-23)18(19)24/h5-10,12H,3-4H2,1-2H3,(H2,19,24). The molecule has 6 nitrogen and oxygen atoms in total. The highest BCUT2D eigenvalue weighted by atomic mass is 16.1. The average molecular weight is 321 g/mol. The van der Waals surface area contributed by atoms with Gasteiger partial charge in [-0.3, -0.25) is 9.48 Å². The molecule has 0 aliphatic heterocycles. The number of hydrogen-bond acceptors (Lipinski definition) is 4. The largest absolute Gasteiger partial charge is 0.364 e. The summed E-state index contributed by atoms with van der Waals surface area (Å²) in [6, 6.07) is 6.24. The molecule has 1 atom stereocenters. The topological polar surface area (TPSA) is 86.7 Å². The second kappa shape index (κ2) is 5.40. The monoisotopic (exact) mass is 321 g/mol. The van der Waals surface area contributed by atoms with Crippen LogP contribution in [0.25, 0.3) is 22.0 Å². The van der Waals surface area contributed by atoms with E-state index in [1.54, 1.807) is 12.4 Å². The van der Waals surface area contributed by atoms with E-state index in [1.165, 1.54) is 12.8 Å². The van der Waals surface area contributed by atoms with Gasteiger partial charge in [-0.05, 0) is 50.3 Å². The minimum Gasteiger partial charge on any atom is -0.364 e. The van der Waals surface area contributed by atoms with Gasteiger partial charge in [0.15, 0.2) is 5.69 Å². The van der Waals surface area contributed by atoms with E-state index < -0.39 is 5.91 Å². The van der Waals surface area contributed by atoms with Crippen molar-refractivity contribution >= 4 is 16.8 Å². The molecule has 1 amide bonds. The van der Waals surface area contributed by atoms with Crippen molar-refractivity contribution in [3.63, 3.8) is 0 Å². The number of benzene rings is 1. The molecule has 1 fully saturated rings. The van der Waals surface area contributed by atoms with Crippen molar-refractivity contribution in [3.05, 3.63) is 42.1 Å². The summed E-state index contributed by atoms with van der Waals surface area (Å²) in [7, 11) is 0. The molecule has 3 aromatic rings. The Labute approximate surface area is 139 Å². The number of aryl methyl sites for hydroxylation is 1. The first-order valence-corrected chi connectivity index (χ1v) is 8.15. The second-order valence-corrected chi connectivity index (χ2v) is 6.49. The molecule has 0 radical (unpaired) electrons. The van der Waals surface area contributed by atoms with E-state index >= 15 is 0 Å². The van der Waals surface area contributed by atoms with Crippen molar-refractivity contribution in [2.75, 3.05) is 0 Å². The van der Waals surface area contributed by atoms with Crippen LogP contribution in [0.5, 0.6) is 0 Å². The molecule has 2 heterocycles. The van der Waals surface area contributed by atoms with Crippen LogP contribution in [0.1, 0.15) is 42.1 Å². The molecule has 1 unspecified atom stereocenters. The zero-order valence-corrected chi connectivity index (χ0v) is 13.7. The lowest BCUT2D eigenvalue weighted by Crippen LogP contribution is -2.14. The van der Waals surface area contributed by atoms with Gasteiger partial charge in [-0.1, -0.05) is 6.07 Å². The summed E-state index contributed by atoms with van der Waals surface area (Å²) in [6.07, 6.45) is 6.00. The summed E-state index contributed by atoms with van der Waals surface area (Å²) in [5, 5.41) is 5.30. The minimum absolute atomic E-state index is 0.272. The van der Waals surface area contributed by atoms with Gasteiger partial charge in [-0.2, -0.15) is 5.10 Å². The molecule has 0 bridgehead atoms. The van der Waals surface area contributed by atoms with Crippen molar-refractivity contribution in [2.24, 2.45) is 11.7 Å². The van der Waals surface area contributed by atoms with E-state index in [4.69, 9.17) is 5.73 Å². The molecule has 4 rings (SSSR count). The number of primary amides is 1. The molecular formula is C18H19N5O. The summed E-state index contributed by atoms with van der Waals surface area (Å²) in [5.74, 6) is 0.863. The van der Waals surface area contributed by atoms with Crippen molar-refractivity contribution in [2.45, 2.75) is 32.7 Å². The number of amides is 1. The zero-order chi connectivity index (χ0) is 16.8. The van der Waals surface area contributed by atoms with Crippen molar-refractivity contribution in [3.8, 4) is 11.1 Å². The van der Waals surface area contributed by atoms with Crippen molar-refractivity contribution < 1.29 is 4.79 Å². The predicted octanol–water partition coefficient (Wildman–Crippen LogP) is 2.87. The lowest BCUT2D eigenvalue weighted by atomic mass is 10.1. The van der Waals surface area contributed by atoms with Crippen molar-refractivity contribution in [1.29, 1.82) is 0 Å². The van der Waals surface area contributed by atoms with Crippen LogP contribution < -0.4 is 5.73 Å². The Balaban J connectivity index is 1.87. The molecule has 2 N–H and O–H groups in total. The summed E-state index contributed by atoms with van der Waals surface area (Å²) < 4.78 is 1.95. The summed E-state index contributed by atoms with van der Waals surface area (Å²) in [4.78, 5) is 20.3. The zero-order valence-electron chi connectivity index (χ0n) is 13.7. The minimum atomic E-state index is -0.501. The maximum atomic E-state index is 11.9. The van der Waals surface area contributed by atoms with Crippen LogP contribution in [0.2, 0.25) is 0 Å². The van der Waals surface area contributed by atoms with Crippen LogP contribution in [-0.4, -0.2) is 25.7 Å². The lowest BCUT2D eigenvalue weighted by molar-refractivity contribution is 0.0996. The number of nitrogens with zero attached hydrogens (tertiary/aromatic N) is 4.